The van der Waals surface area contributed by atoms with E-state index in [9.17, 15) is 0 Å². The molecule has 0 saturated heterocycles. The summed E-state index contributed by atoms with van der Waals surface area (Å²) >= 11 is 0. The molecule has 2 unspecified atom stereocenters. The van der Waals surface area contributed by atoms with Crippen molar-refractivity contribution in [2.24, 2.45) is 10.3 Å². The highest BCUT2D eigenvalue weighted by atomic mass is 16.3. The minimum absolute atomic E-state index is 0.320. The van der Waals surface area contributed by atoms with Crippen LogP contribution in [-0.2, 0) is 0 Å². The van der Waals surface area contributed by atoms with Crippen LogP contribution in [0.2, 0.25) is 0 Å². The third-order valence-electron chi connectivity index (χ3n) is 1.48. The van der Waals surface area contributed by atoms with Crippen LogP contribution in [0.3, 0.4) is 0 Å². The van der Waals surface area contributed by atoms with Crippen molar-refractivity contribution < 1.29 is 5.11 Å². The van der Waals surface area contributed by atoms with E-state index in [1.807, 2.05) is 11.9 Å². The van der Waals surface area contributed by atoms with Crippen LogP contribution in [0.25, 0.3) is 0 Å². The molecule has 0 aromatic rings. The quantitative estimate of drug-likeness (QED) is 0.609. The monoisotopic (exact) mass is 143 g/mol. The Morgan fingerprint density at radius 3 is 2.90 bits per heavy atom. The lowest BCUT2D eigenvalue weighted by Crippen LogP contribution is -2.31. The van der Waals surface area contributed by atoms with Crippen LogP contribution >= 0.6 is 0 Å². The topological polar surface area (TPSA) is 48.2 Å². The number of rotatable bonds is 2. The van der Waals surface area contributed by atoms with Gasteiger partial charge in [-0.25, -0.2) is 0 Å². The van der Waals surface area contributed by atoms with Crippen molar-refractivity contribution in [1.29, 1.82) is 0 Å². The van der Waals surface area contributed by atoms with E-state index < -0.39 is 0 Å². The zero-order valence-corrected chi connectivity index (χ0v) is 6.36. The van der Waals surface area contributed by atoms with Crippen LogP contribution < -0.4 is 0 Å². The first-order chi connectivity index (χ1) is 4.70. The number of hydrogen-bond donors (Lipinski definition) is 1. The van der Waals surface area contributed by atoms with Gasteiger partial charge in [-0.05, 0) is 13.8 Å². The Bertz CT molecular complexity index is 135. The molecule has 2 atom stereocenters. The van der Waals surface area contributed by atoms with Crippen LogP contribution in [0.5, 0.6) is 0 Å². The molecule has 1 rings (SSSR count). The van der Waals surface area contributed by atoms with Crippen molar-refractivity contribution in [3.8, 4) is 0 Å². The van der Waals surface area contributed by atoms with Crippen molar-refractivity contribution in [2.45, 2.75) is 26.0 Å². The van der Waals surface area contributed by atoms with Gasteiger partial charge in [0.2, 0.25) is 0 Å². The van der Waals surface area contributed by atoms with Gasteiger partial charge in [-0.2, -0.15) is 5.11 Å². The molecule has 0 bridgehead atoms. The lowest BCUT2D eigenvalue weighted by molar-refractivity contribution is 0.117. The molecular formula is C6H13N3O. The Morgan fingerprint density at radius 2 is 2.50 bits per heavy atom. The second-order valence-electron chi connectivity index (χ2n) is 2.73. The average Bonchev–Trinajstić information content (AvgIpc) is 2.15. The summed E-state index contributed by atoms with van der Waals surface area (Å²) in [6.07, 6.45) is -0.320. The average molecular weight is 143 g/mol. The summed E-state index contributed by atoms with van der Waals surface area (Å²) in [5, 5.41) is 18.5. The highest BCUT2D eigenvalue weighted by Crippen LogP contribution is 2.08. The van der Waals surface area contributed by atoms with Crippen molar-refractivity contribution in [2.75, 3.05) is 13.1 Å². The van der Waals surface area contributed by atoms with E-state index in [-0.39, 0.29) is 6.10 Å². The van der Waals surface area contributed by atoms with E-state index in [1.165, 1.54) is 0 Å². The molecule has 10 heavy (non-hydrogen) atoms. The van der Waals surface area contributed by atoms with E-state index in [1.54, 1.807) is 6.92 Å². The molecule has 0 spiro atoms. The Morgan fingerprint density at radius 1 is 1.80 bits per heavy atom. The van der Waals surface area contributed by atoms with Gasteiger partial charge >= 0.3 is 0 Å². The van der Waals surface area contributed by atoms with Crippen molar-refractivity contribution in [3.63, 3.8) is 0 Å². The predicted octanol–water partition coefficient (Wildman–Crippen LogP) is 0.439. The van der Waals surface area contributed by atoms with Crippen LogP contribution in [0.15, 0.2) is 10.3 Å². The van der Waals surface area contributed by atoms with Gasteiger partial charge in [0.15, 0.2) is 0 Å². The molecule has 58 valence electrons. The molecule has 0 saturated carbocycles. The summed E-state index contributed by atoms with van der Waals surface area (Å²) in [6, 6.07) is 0.356. The van der Waals surface area contributed by atoms with Gasteiger partial charge in [-0.15, -0.1) is 0 Å². The van der Waals surface area contributed by atoms with Gasteiger partial charge in [-0.3, -0.25) is 5.01 Å². The van der Waals surface area contributed by atoms with Crippen LogP contribution in [0.1, 0.15) is 13.8 Å². The lowest BCUT2D eigenvalue weighted by Gasteiger charge is -2.18. The Balaban J connectivity index is 2.33. The SMILES string of the molecule is CC(O)CN1N=NCC1C. The fraction of sp³-hybridized carbons (Fsp3) is 1.00. The van der Waals surface area contributed by atoms with E-state index in [0.29, 0.717) is 12.6 Å². The van der Waals surface area contributed by atoms with Gasteiger partial charge < -0.3 is 5.11 Å². The third kappa shape index (κ3) is 1.67. The van der Waals surface area contributed by atoms with Gasteiger partial charge in [0.25, 0.3) is 0 Å². The number of hydrogen-bond acceptors (Lipinski definition) is 4. The zero-order valence-electron chi connectivity index (χ0n) is 6.36. The fourth-order valence-electron chi connectivity index (χ4n) is 0.905. The normalized spacial score (nSPS) is 27.5. The first kappa shape index (κ1) is 7.47. The van der Waals surface area contributed by atoms with Crippen LogP contribution in [0.4, 0.5) is 0 Å². The number of aliphatic hydroxyl groups is 1. The van der Waals surface area contributed by atoms with Crippen LogP contribution in [0, 0.1) is 0 Å². The molecule has 0 fully saturated rings. The zero-order chi connectivity index (χ0) is 7.56. The Labute approximate surface area is 60.5 Å². The second-order valence-corrected chi connectivity index (χ2v) is 2.73. The maximum absolute atomic E-state index is 8.99. The first-order valence-corrected chi connectivity index (χ1v) is 3.52. The standard InChI is InChI=1S/C6H13N3O/c1-5-3-7-8-9(5)4-6(2)10/h5-6,10H,3-4H2,1-2H3. The number of β-amino-alcohol motifs (C(OH)–C–C–N with tert-alkyl or cyclic N) is 1. The van der Waals surface area contributed by atoms with E-state index in [4.69, 9.17) is 5.11 Å². The second kappa shape index (κ2) is 2.96. The minimum atomic E-state index is -0.320. The predicted molar refractivity (Wildman–Crippen MR) is 37.6 cm³/mol. The van der Waals surface area contributed by atoms with Gasteiger partial charge in [-0.1, -0.05) is 5.22 Å². The fourth-order valence-corrected chi connectivity index (χ4v) is 0.905. The molecule has 1 heterocycles. The molecule has 1 aliphatic heterocycles. The number of nitrogens with zero attached hydrogens (tertiary/aromatic N) is 3. The molecule has 1 N–H and O–H groups in total. The van der Waals surface area contributed by atoms with Crippen molar-refractivity contribution in [1.82, 2.24) is 5.01 Å². The highest BCUT2D eigenvalue weighted by Gasteiger charge is 2.17. The summed E-state index contributed by atoms with van der Waals surface area (Å²) in [5.41, 5.74) is 0. The lowest BCUT2D eigenvalue weighted by atomic mass is 10.3. The summed E-state index contributed by atoms with van der Waals surface area (Å²) < 4.78 is 0. The molecule has 0 aliphatic carbocycles. The molecule has 0 amide bonds. The van der Waals surface area contributed by atoms with Gasteiger partial charge in [0, 0.05) is 0 Å². The van der Waals surface area contributed by atoms with Crippen molar-refractivity contribution >= 4 is 0 Å². The van der Waals surface area contributed by atoms with Crippen LogP contribution in [-0.4, -0.2) is 35.4 Å². The van der Waals surface area contributed by atoms with Gasteiger partial charge in [0.1, 0.15) is 0 Å². The molecule has 0 aromatic heterocycles. The number of aliphatic hydroxyl groups excluding tert-OH is 1. The molecule has 4 heteroatoms. The summed E-state index contributed by atoms with van der Waals surface area (Å²) in [6.45, 7) is 5.14. The van der Waals surface area contributed by atoms with Crippen molar-refractivity contribution in [3.05, 3.63) is 0 Å². The maximum Gasteiger partial charge on any atom is 0.0838 e. The molecule has 4 nitrogen and oxygen atoms in total. The Hall–Kier alpha value is -0.640. The Kier molecular flexibility index (Phi) is 2.21. The maximum atomic E-state index is 8.99. The summed E-state index contributed by atoms with van der Waals surface area (Å²) in [7, 11) is 0. The largest absolute Gasteiger partial charge is 0.392 e. The molecule has 1 aliphatic rings. The van der Waals surface area contributed by atoms with E-state index in [2.05, 4.69) is 10.3 Å². The smallest absolute Gasteiger partial charge is 0.0838 e. The van der Waals surface area contributed by atoms with E-state index >= 15 is 0 Å². The molecular weight excluding hydrogens is 130 g/mol. The highest BCUT2D eigenvalue weighted by molar-refractivity contribution is 4.70. The molecule has 0 radical (unpaired) electrons. The first-order valence-electron chi connectivity index (χ1n) is 3.52. The minimum Gasteiger partial charge on any atom is -0.392 e. The molecule has 0 aromatic carbocycles. The summed E-state index contributed by atoms with van der Waals surface area (Å²) in [4.78, 5) is 0. The third-order valence-corrected chi connectivity index (χ3v) is 1.48. The van der Waals surface area contributed by atoms with E-state index in [0.717, 1.165) is 6.54 Å². The van der Waals surface area contributed by atoms with Gasteiger partial charge in [0.05, 0.1) is 25.2 Å². The summed E-state index contributed by atoms with van der Waals surface area (Å²) in [5.74, 6) is 0.